The van der Waals surface area contributed by atoms with Gasteiger partial charge in [-0.3, -0.25) is 19.9 Å². The normalized spacial score (nSPS) is 13.2. The molecule has 0 spiro atoms. The van der Waals surface area contributed by atoms with Gasteiger partial charge in [0.05, 0.1) is 11.2 Å². The average molecular weight is 1820 g/mol. The molecule has 124 heavy (non-hydrogen) atoms. The first-order valence-corrected chi connectivity index (χ1v) is 44.2. The minimum Gasteiger partial charge on any atom is -0.399 e. The van der Waals surface area contributed by atoms with Crippen molar-refractivity contribution in [2.45, 2.75) is 144 Å². The van der Waals surface area contributed by atoms with Gasteiger partial charge in [0, 0.05) is 113 Å². The van der Waals surface area contributed by atoms with E-state index in [0.717, 1.165) is 130 Å². The number of halogens is 3. The summed E-state index contributed by atoms with van der Waals surface area (Å²) in [4.78, 5) is 47.3. The SMILES string of the molecule is Brc1ccc(-c2nc(-c3ccc(Br)cc3)nc(-c3ccc(Br)cc3)n2)cc1.CC(C)(C)c1cc(-c2ccc(-c3nc(-c4ccc(-c5cc(-c6cccnc6)cc(C(C)(C)C)c5)cc4)nc(-c4ccc(-c5cc(-c6cccnc6)cc(C(C)(C)C)c5)cc4)n3)cc2)cc(-c2cccnc2)c1.CC(C)(C)c1cc(B2OC(C)(C)C(C)(C)O2)cc(-c2cccnc2)c1. The molecule has 0 radical (unpaired) electrons. The first-order chi connectivity index (χ1) is 59.1. The van der Waals surface area contributed by atoms with Crippen LogP contribution in [-0.4, -0.2) is 68.2 Å². The van der Waals surface area contributed by atoms with Gasteiger partial charge < -0.3 is 9.31 Å². The molecule has 1 aliphatic heterocycles. The van der Waals surface area contributed by atoms with Crippen molar-refractivity contribution in [2.75, 3.05) is 0 Å². The molecular weight excluding hydrogens is 1720 g/mol. The van der Waals surface area contributed by atoms with Gasteiger partial charge in [-0.15, -0.1) is 0 Å². The summed E-state index contributed by atoms with van der Waals surface area (Å²) >= 11 is 10.4. The lowest BCUT2D eigenvalue weighted by molar-refractivity contribution is 0.00578. The lowest BCUT2D eigenvalue weighted by Crippen LogP contribution is -2.41. The predicted molar refractivity (Wildman–Crippen MR) is 522 cm³/mol. The van der Waals surface area contributed by atoms with Crippen molar-refractivity contribution in [3.8, 4) is 146 Å². The second-order valence-corrected chi connectivity index (χ2v) is 39.4. The third kappa shape index (κ3) is 20.8. The second-order valence-electron chi connectivity index (χ2n) is 36.7. The van der Waals surface area contributed by atoms with Gasteiger partial charge >= 0.3 is 7.12 Å². The molecule has 10 aromatic carbocycles. The van der Waals surface area contributed by atoms with Crippen molar-refractivity contribution in [2.24, 2.45) is 0 Å². The first kappa shape index (κ1) is 87.2. The molecule has 0 saturated carbocycles. The Balaban J connectivity index is 0.000000185. The molecule has 0 atom stereocenters. The highest BCUT2D eigenvalue weighted by Gasteiger charge is 2.52. The van der Waals surface area contributed by atoms with E-state index in [1.165, 1.54) is 22.3 Å². The molecule has 1 aliphatic rings. The summed E-state index contributed by atoms with van der Waals surface area (Å²) in [6.07, 6.45) is 14.9. The summed E-state index contributed by atoms with van der Waals surface area (Å²) in [5.41, 5.74) is 26.6. The van der Waals surface area contributed by atoms with E-state index < -0.39 is 0 Å². The van der Waals surface area contributed by atoms with E-state index in [0.29, 0.717) is 34.9 Å². The van der Waals surface area contributed by atoms with Crippen molar-refractivity contribution in [3.05, 3.63) is 352 Å². The summed E-state index contributed by atoms with van der Waals surface area (Å²) in [5.74, 6) is 3.75. The Labute approximate surface area is 755 Å². The zero-order valence-corrected chi connectivity index (χ0v) is 77.8. The minimum absolute atomic E-state index is 0.0383. The highest BCUT2D eigenvalue weighted by molar-refractivity contribution is 9.11. The number of aromatic nitrogens is 10. The third-order valence-electron chi connectivity index (χ3n) is 22.7. The van der Waals surface area contributed by atoms with Crippen molar-refractivity contribution < 1.29 is 9.31 Å². The molecule has 618 valence electrons. The van der Waals surface area contributed by atoms with Gasteiger partial charge in [-0.1, -0.05) is 319 Å². The average Bonchev–Trinajstić information content (AvgIpc) is 1.39. The molecule has 0 N–H and O–H groups in total. The number of hydrogen-bond acceptors (Lipinski definition) is 12. The van der Waals surface area contributed by atoms with Gasteiger partial charge in [0.25, 0.3) is 0 Å². The number of rotatable bonds is 14. The van der Waals surface area contributed by atoms with Crippen LogP contribution in [0.1, 0.15) is 133 Å². The quantitative estimate of drug-likeness (QED) is 0.0955. The fraction of sp³-hybridized carbons (Fsp3) is 0.204. The fourth-order valence-corrected chi connectivity index (χ4v) is 15.2. The summed E-state index contributed by atoms with van der Waals surface area (Å²) < 4.78 is 15.6. The smallest absolute Gasteiger partial charge is 0.399 e. The Bertz CT molecular complexity index is 5880. The maximum atomic E-state index is 6.27. The van der Waals surface area contributed by atoms with Gasteiger partial charge in [0.2, 0.25) is 0 Å². The molecule has 12 nitrogen and oxygen atoms in total. The Morgan fingerprint density at radius 2 is 0.419 bits per heavy atom. The van der Waals surface area contributed by atoms with Gasteiger partial charge in [0.15, 0.2) is 34.9 Å². The van der Waals surface area contributed by atoms with Crippen LogP contribution in [0.15, 0.2) is 330 Å². The molecule has 0 unspecified atom stereocenters. The summed E-state index contributed by atoms with van der Waals surface area (Å²) in [7, 11) is -0.359. The summed E-state index contributed by atoms with van der Waals surface area (Å²) in [6, 6.07) is 93.2. The number of benzene rings is 10. The molecule has 0 aliphatic carbocycles. The van der Waals surface area contributed by atoms with Gasteiger partial charge in [-0.25, -0.2) is 29.9 Å². The van der Waals surface area contributed by atoms with Crippen molar-refractivity contribution >= 4 is 60.4 Å². The molecule has 16 heteroatoms. The molecule has 7 heterocycles. The highest BCUT2D eigenvalue weighted by Crippen LogP contribution is 2.42. The molecule has 0 amide bonds. The Hall–Kier alpha value is -11.8. The van der Waals surface area contributed by atoms with E-state index in [1.807, 2.05) is 140 Å². The van der Waals surface area contributed by atoms with E-state index in [4.69, 9.17) is 39.2 Å². The molecule has 1 saturated heterocycles. The van der Waals surface area contributed by atoms with Crippen LogP contribution in [0.25, 0.3) is 146 Å². The second kappa shape index (κ2) is 36.2. The van der Waals surface area contributed by atoms with Gasteiger partial charge in [0.1, 0.15) is 0 Å². The number of pyridine rings is 4. The van der Waals surface area contributed by atoms with Crippen LogP contribution >= 0.6 is 47.8 Å². The van der Waals surface area contributed by atoms with E-state index in [-0.39, 0.29) is 40.0 Å². The van der Waals surface area contributed by atoms with Crippen LogP contribution in [0.4, 0.5) is 0 Å². The van der Waals surface area contributed by atoms with Crippen molar-refractivity contribution in [3.63, 3.8) is 0 Å². The summed E-state index contributed by atoms with van der Waals surface area (Å²) in [5, 5.41) is 0. The van der Waals surface area contributed by atoms with E-state index in [9.17, 15) is 0 Å². The van der Waals surface area contributed by atoms with Crippen LogP contribution in [0.5, 0.6) is 0 Å². The third-order valence-corrected chi connectivity index (χ3v) is 24.3. The summed E-state index contributed by atoms with van der Waals surface area (Å²) in [6.45, 7) is 35.3. The van der Waals surface area contributed by atoms with Crippen molar-refractivity contribution in [1.82, 2.24) is 49.8 Å². The van der Waals surface area contributed by atoms with Crippen LogP contribution in [-0.2, 0) is 31.0 Å². The van der Waals surface area contributed by atoms with E-state index in [1.54, 1.807) is 6.20 Å². The van der Waals surface area contributed by atoms with E-state index in [2.05, 4.69) is 348 Å². The zero-order valence-electron chi connectivity index (χ0n) is 73.0. The van der Waals surface area contributed by atoms with Crippen LogP contribution < -0.4 is 5.46 Å². The molecule has 17 rings (SSSR count). The molecule has 16 aromatic rings. The molecule has 1 fully saturated rings. The Kier molecular flexibility index (Phi) is 25.4. The Morgan fingerprint density at radius 1 is 0.226 bits per heavy atom. The van der Waals surface area contributed by atoms with Gasteiger partial charge in [-0.2, -0.15) is 0 Å². The number of hydrogen-bond donors (Lipinski definition) is 0. The molecular formula is C108H100BBr3N10O2. The first-order valence-electron chi connectivity index (χ1n) is 41.8. The maximum Gasteiger partial charge on any atom is 0.494 e. The van der Waals surface area contributed by atoms with Crippen LogP contribution in [0.3, 0.4) is 0 Å². The molecule has 0 bridgehead atoms. The van der Waals surface area contributed by atoms with Crippen molar-refractivity contribution in [1.29, 1.82) is 0 Å². The van der Waals surface area contributed by atoms with Crippen LogP contribution in [0.2, 0.25) is 0 Å². The predicted octanol–water partition coefficient (Wildman–Crippen LogP) is 28.5. The monoisotopic (exact) mass is 1820 g/mol. The van der Waals surface area contributed by atoms with E-state index >= 15 is 0 Å². The lowest BCUT2D eigenvalue weighted by Gasteiger charge is -2.32. The zero-order chi connectivity index (χ0) is 87.5. The Morgan fingerprint density at radius 3 is 0.629 bits per heavy atom. The lowest BCUT2D eigenvalue weighted by atomic mass is 9.74. The maximum absolute atomic E-state index is 6.27. The van der Waals surface area contributed by atoms with Gasteiger partial charge in [-0.05, 0) is 217 Å². The highest BCUT2D eigenvalue weighted by atomic mass is 79.9. The fourth-order valence-electron chi connectivity index (χ4n) is 14.4. The molecule has 6 aromatic heterocycles. The largest absolute Gasteiger partial charge is 0.494 e. The topological polar surface area (TPSA) is 147 Å². The standard InChI is InChI=1S/C66H60N6.C21H28BNO2.C21H12Br3N3/c1-64(2,3)58-34-52(31-55(37-58)49-13-10-28-67-40-49)43-16-22-46(23-17-43)61-70-62(47-24-18-44(19-25-47)53-32-56(50-14-11-29-68-41-50)38-59(35-53)65(4,5)6)72-63(71-61)48-26-20-45(21-27-48)54-33-57(51-15-12-30-69-42-51)39-60(36-54)66(7,8)9;1-19(2,3)17-11-16(15-9-8-10-23-14-15)12-18(13-17)22-24-20(4,5)21(6,7)25-22;22-16-7-1-13(2-8-16)19-25-20(14-3-9-17(23)10-4-14)27-21(26-19)15-5-11-18(24)12-6-15/h10-42H,1-9H3;8-14H,1-7H3;1-12H. The number of nitrogens with zero attached hydrogens (tertiary/aromatic N) is 10. The van der Waals surface area contributed by atoms with Crippen LogP contribution in [0, 0.1) is 0 Å². The minimum atomic E-state index is -0.359.